The maximum absolute atomic E-state index is 7.86. The molecule has 2 nitrogen and oxygen atoms in total. The summed E-state index contributed by atoms with van der Waals surface area (Å²) in [5.74, 6) is 0.521. The molecule has 2 bridgehead atoms. The van der Waals surface area contributed by atoms with Gasteiger partial charge in [-0.1, -0.05) is 157 Å². The first-order valence-corrected chi connectivity index (χ1v) is 17.8. The molecule has 0 aromatic heterocycles. The van der Waals surface area contributed by atoms with E-state index >= 15 is 0 Å². The predicted molar refractivity (Wildman–Crippen MR) is 174 cm³/mol. The number of hydrogen-bond acceptors (Lipinski definition) is 2. The molecule has 2 saturated heterocycles. The van der Waals surface area contributed by atoms with Gasteiger partial charge in [-0.15, -0.1) is 0 Å². The zero-order valence-electron chi connectivity index (χ0n) is 25.9. The van der Waals surface area contributed by atoms with Gasteiger partial charge in [-0.3, -0.25) is 0 Å². The Kier molecular flexibility index (Phi) is 6.30. The Hall–Kier alpha value is -2.98. The average molecular weight is 573 g/mol. The van der Waals surface area contributed by atoms with Crippen molar-refractivity contribution in [2.24, 2.45) is 11.8 Å². The molecule has 0 radical (unpaired) electrons. The fraction of sp³-hybridized carbons (Fsp3) is 0.385. The summed E-state index contributed by atoms with van der Waals surface area (Å²) >= 11 is 0. The van der Waals surface area contributed by atoms with E-state index in [2.05, 4.69) is 157 Å². The minimum atomic E-state index is -2.52. The highest BCUT2D eigenvalue weighted by atomic mass is 28.4. The van der Waals surface area contributed by atoms with Gasteiger partial charge in [-0.05, 0) is 50.4 Å². The molecule has 42 heavy (non-hydrogen) atoms. The van der Waals surface area contributed by atoms with Crippen molar-refractivity contribution in [3.8, 4) is 0 Å². The van der Waals surface area contributed by atoms with E-state index < -0.39 is 19.5 Å². The summed E-state index contributed by atoms with van der Waals surface area (Å²) < 4.78 is 15.7. The molecule has 3 aliphatic heterocycles. The van der Waals surface area contributed by atoms with E-state index in [4.69, 9.17) is 9.16 Å². The highest BCUT2D eigenvalue weighted by Crippen LogP contribution is 2.74. The summed E-state index contributed by atoms with van der Waals surface area (Å²) in [5.41, 5.74) is 5.40. The Morgan fingerprint density at radius 2 is 1.00 bits per heavy atom. The van der Waals surface area contributed by atoms with Crippen LogP contribution >= 0.6 is 0 Å². The molecule has 2 fully saturated rings. The smallest absolute Gasteiger partial charge is 0.204 e. The van der Waals surface area contributed by atoms with Gasteiger partial charge in [-0.25, -0.2) is 0 Å². The van der Waals surface area contributed by atoms with E-state index in [0.29, 0.717) is 0 Å². The van der Waals surface area contributed by atoms with Gasteiger partial charge >= 0.3 is 0 Å². The number of benzene rings is 4. The second-order valence-electron chi connectivity index (χ2n) is 14.8. The molecule has 0 aliphatic carbocycles. The van der Waals surface area contributed by atoms with E-state index in [0.717, 1.165) is 12.5 Å². The fourth-order valence-corrected chi connectivity index (χ4v) is 15.5. The van der Waals surface area contributed by atoms with E-state index in [9.17, 15) is 0 Å². The summed E-state index contributed by atoms with van der Waals surface area (Å²) in [6, 6.07) is 43.3. The maximum Gasteiger partial charge on any atom is 0.204 e. The molecular formula is C39H44O2Si. The van der Waals surface area contributed by atoms with Crippen molar-refractivity contribution in [2.75, 3.05) is 0 Å². The Morgan fingerprint density at radius 1 is 0.571 bits per heavy atom. The minimum Gasteiger partial charge on any atom is -0.409 e. The minimum absolute atomic E-state index is 0.00911. The van der Waals surface area contributed by atoms with Crippen LogP contribution in [0.3, 0.4) is 0 Å². The summed E-state index contributed by atoms with van der Waals surface area (Å²) in [4.78, 5) is 0. The van der Waals surface area contributed by atoms with E-state index in [-0.39, 0.29) is 28.0 Å². The van der Waals surface area contributed by atoms with E-state index in [1.54, 1.807) is 0 Å². The standard InChI is InChI=1S/C39H44O2Si/c1-36(2,3)42(37(4,5)6)27-34-33(26-35(40-42)28-18-10-7-11-19-28)38(29-20-12-8-13-21-29)31-24-16-17-25-32(31)39(34,41-38)30-22-14-9-15-23-30/h7-25,33-35H,26-27H2,1-6H3/t33-,34-,35-,38?,39?/m0/s1. The van der Waals surface area contributed by atoms with Gasteiger partial charge in [0.2, 0.25) is 8.32 Å². The Balaban J connectivity index is 1.57. The highest BCUT2D eigenvalue weighted by molar-refractivity contribution is 6.79. The lowest BCUT2D eigenvalue weighted by Crippen LogP contribution is -2.57. The Morgan fingerprint density at radius 3 is 1.48 bits per heavy atom. The second-order valence-corrected chi connectivity index (χ2v) is 20.1. The van der Waals surface area contributed by atoms with Crippen LogP contribution < -0.4 is 0 Å². The van der Waals surface area contributed by atoms with Gasteiger partial charge in [0.15, 0.2) is 0 Å². The highest BCUT2D eigenvalue weighted by Gasteiger charge is 2.74. The third-order valence-electron chi connectivity index (χ3n) is 10.9. The van der Waals surface area contributed by atoms with Crippen molar-refractivity contribution < 1.29 is 9.16 Å². The molecule has 216 valence electrons. The molecular weight excluding hydrogens is 529 g/mol. The Labute approximate surface area is 253 Å². The largest absolute Gasteiger partial charge is 0.409 e. The summed E-state index contributed by atoms with van der Waals surface area (Å²) in [6.07, 6.45) is 0.933. The molecule has 7 rings (SSSR count). The van der Waals surface area contributed by atoms with Gasteiger partial charge in [0.1, 0.15) is 11.2 Å². The van der Waals surface area contributed by atoms with Crippen LogP contribution in [0.5, 0.6) is 0 Å². The first-order chi connectivity index (χ1) is 20.0. The third kappa shape index (κ3) is 3.69. The van der Waals surface area contributed by atoms with Crippen LogP contribution in [0.15, 0.2) is 115 Å². The monoisotopic (exact) mass is 572 g/mol. The van der Waals surface area contributed by atoms with E-state index in [1.807, 2.05) is 0 Å². The number of ether oxygens (including phenoxy) is 1. The molecule has 5 atom stereocenters. The third-order valence-corrected chi connectivity index (χ3v) is 17.4. The predicted octanol–water partition coefficient (Wildman–Crippen LogP) is 10.2. The first-order valence-electron chi connectivity index (χ1n) is 15.7. The second kappa shape index (κ2) is 9.51. The van der Waals surface area contributed by atoms with Crippen LogP contribution in [0.2, 0.25) is 16.1 Å². The van der Waals surface area contributed by atoms with Gasteiger partial charge in [0.25, 0.3) is 0 Å². The summed E-state index contributed by atoms with van der Waals surface area (Å²) in [6.45, 7) is 14.6. The topological polar surface area (TPSA) is 18.5 Å². The molecule has 0 saturated carbocycles. The number of fused-ring (bicyclic) bond motifs is 8. The lowest BCUT2D eigenvalue weighted by atomic mass is 9.59. The van der Waals surface area contributed by atoms with Gasteiger partial charge in [0.05, 0.1) is 6.10 Å². The van der Waals surface area contributed by atoms with Crippen molar-refractivity contribution in [1.82, 2.24) is 0 Å². The average Bonchev–Trinajstić information content (AvgIpc) is 3.35. The van der Waals surface area contributed by atoms with Crippen molar-refractivity contribution in [3.63, 3.8) is 0 Å². The fourth-order valence-electron chi connectivity index (χ4n) is 9.30. The van der Waals surface area contributed by atoms with Crippen LogP contribution in [0.4, 0.5) is 0 Å². The summed E-state index contributed by atoms with van der Waals surface area (Å²) in [7, 11) is -2.52. The SMILES string of the molecule is CC(C)(C)[Si]1(C(C)(C)C)C[C@H]2[C@H](C[C@@H](c3ccccc3)O1)C1(c3ccccc3)OC2(c2ccccc2)c2ccccc21. The van der Waals surface area contributed by atoms with Gasteiger partial charge < -0.3 is 9.16 Å². The van der Waals surface area contributed by atoms with Crippen LogP contribution in [0.1, 0.15) is 81.9 Å². The molecule has 0 spiro atoms. The van der Waals surface area contributed by atoms with Crippen molar-refractivity contribution in [1.29, 1.82) is 0 Å². The Bertz CT molecular complexity index is 1560. The van der Waals surface area contributed by atoms with Crippen molar-refractivity contribution in [3.05, 3.63) is 143 Å². The normalized spacial score (nSPS) is 29.9. The molecule has 4 aromatic rings. The van der Waals surface area contributed by atoms with Crippen LogP contribution in [0, 0.1) is 11.8 Å². The zero-order chi connectivity index (χ0) is 29.4. The summed E-state index contributed by atoms with van der Waals surface area (Å²) in [5, 5.41) is 0.0403. The molecule has 3 heteroatoms. The maximum atomic E-state index is 7.86. The number of rotatable bonds is 3. The van der Waals surface area contributed by atoms with Gasteiger partial charge in [0, 0.05) is 11.8 Å². The molecule has 3 aliphatic rings. The molecule has 3 heterocycles. The van der Waals surface area contributed by atoms with Gasteiger partial charge in [-0.2, -0.15) is 0 Å². The van der Waals surface area contributed by atoms with E-state index in [1.165, 1.54) is 27.8 Å². The lowest BCUT2D eigenvalue weighted by molar-refractivity contribution is -0.0614. The molecule has 0 N–H and O–H groups in total. The van der Waals surface area contributed by atoms with Crippen LogP contribution in [0.25, 0.3) is 0 Å². The number of hydrogen-bond donors (Lipinski definition) is 0. The molecule has 2 unspecified atom stereocenters. The van der Waals surface area contributed by atoms with Crippen molar-refractivity contribution >= 4 is 8.32 Å². The van der Waals surface area contributed by atoms with Crippen molar-refractivity contribution in [2.45, 2.75) is 81.4 Å². The first kappa shape index (κ1) is 27.8. The van der Waals surface area contributed by atoms with Crippen LogP contribution in [-0.2, 0) is 20.4 Å². The molecule has 0 amide bonds. The zero-order valence-corrected chi connectivity index (χ0v) is 26.9. The molecule has 4 aromatic carbocycles. The van der Waals surface area contributed by atoms with Crippen LogP contribution in [-0.4, -0.2) is 8.32 Å². The quantitative estimate of drug-likeness (QED) is 0.227. The lowest BCUT2D eigenvalue weighted by Gasteiger charge is -2.53.